The van der Waals surface area contributed by atoms with E-state index in [4.69, 9.17) is 6.42 Å². The molecule has 15 heavy (non-hydrogen) atoms. The molecule has 1 N–H and O–H groups in total. The molecule has 3 unspecified atom stereocenters. The van der Waals surface area contributed by atoms with Crippen molar-refractivity contribution >= 4 is 11.8 Å². The largest absolute Gasteiger partial charge is 0.309 e. The van der Waals surface area contributed by atoms with E-state index in [2.05, 4.69) is 24.4 Å². The first kappa shape index (κ1) is 12.9. The summed E-state index contributed by atoms with van der Waals surface area (Å²) in [6.45, 7) is 2.21. The van der Waals surface area contributed by atoms with Crippen molar-refractivity contribution in [2.75, 3.05) is 6.26 Å². The smallest absolute Gasteiger partial charge is 0.0240 e. The second-order valence-electron chi connectivity index (χ2n) is 4.35. The molecule has 0 bridgehead atoms. The summed E-state index contributed by atoms with van der Waals surface area (Å²) >= 11 is 2.01. The van der Waals surface area contributed by atoms with Crippen molar-refractivity contribution in [3.63, 3.8) is 0 Å². The molecule has 1 saturated carbocycles. The van der Waals surface area contributed by atoms with Crippen LogP contribution >= 0.6 is 11.8 Å². The van der Waals surface area contributed by atoms with Crippen molar-refractivity contribution in [1.29, 1.82) is 0 Å². The van der Waals surface area contributed by atoms with Crippen molar-refractivity contribution in [3.05, 3.63) is 0 Å². The molecule has 0 aromatic rings. The summed E-state index contributed by atoms with van der Waals surface area (Å²) in [5.41, 5.74) is 0. The highest BCUT2D eigenvalue weighted by atomic mass is 32.2. The fourth-order valence-electron chi connectivity index (χ4n) is 2.34. The highest BCUT2D eigenvalue weighted by Gasteiger charge is 2.25. The topological polar surface area (TPSA) is 12.0 Å². The maximum Gasteiger partial charge on any atom is 0.0240 e. The third-order valence-electron chi connectivity index (χ3n) is 3.31. The fourth-order valence-corrected chi connectivity index (χ4v) is 3.28. The predicted octanol–water partition coefficient (Wildman–Crippen LogP) is 3.05. The second-order valence-corrected chi connectivity index (χ2v) is 5.42. The molecule has 1 rings (SSSR count). The van der Waals surface area contributed by atoms with Crippen molar-refractivity contribution in [2.45, 2.75) is 62.8 Å². The molecular formula is C13H23NS. The van der Waals surface area contributed by atoms with Crippen LogP contribution in [-0.2, 0) is 0 Å². The number of nitrogens with one attached hydrogen (secondary N) is 1. The Kier molecular flexibility index (Phi) is 6.20. The van der Waals surface area contributed by atoms with E-state index in [1.807, 2.05) is 11.8 Å². The van der Waals surface area contributed by atoms with Gasteiger partial charge in [-0.15, -0.1) is 12.3 Å². The van der Waals surface area contributed by atoms with Crippen LogP contribution in [-0.4, -0.2) is 23.6 Å². The Balaban J connectivity index is 2.42. The van der Waals surface area contributed by atoms with E-state index in [-0.39, 0.29) is 0 Å². The normalized spacial score (nSPS) is 28.3. The summed E-state index contributed by atoms with van der Waals surface area (Å²) in [6.07, 6.45) is 15.1. The SMILES string of the molecule is C#CCC(CC)NC1CCCCC1SC. The Morgan fingerprint density at radius 2 is 2.20 bits per heavy atom. The fraction of sp³-hybridized carbons (Fsp3) is 0.846. The molecule has 0 aliphatic heterocycles. The van der Waals surface area contributed by atoms with Gasteiger partial charge in [0.25, 0.3) is 0 Å². The summed E-state index contributed by atoms with van der Waals surface area (Å²) in [5, 5.41) is 4.54. The predicted molar refractivity (Wildman–Crippen MR) is 70.2 cm³/mol. The Labute approximate surface area is 98.8 Å². The zero-order chi connectivity index (χ0) is 11.1. The third-order valence-corrected chi connectivity index (χ3v) is 4.48. The molecule has 1 aliphatic carbocycles. The third kappa shape index (κ3) is 4.09. The Hall–Kier alpha value is -0.130. The van der Waals surface area contributed by atoms with Gasteiger partial charge in [-0.1, -0.05) is 19.8 Å². The van der Waals surface area contributed by atoms with E-state index >= 15 is 0 Å². The van der Waals surface area contributed by atoms with Crippen molar-refractivity contribution < 1.29 is 0 Å². The lowest BCUT2D eigenvalue weighted by molar-refractivity contribution is 0.341. The minimum absolute atomic E-state index is 0.521. The monoisotopic (exact) mass is 225 g/mol. The lowest BCUT2D eigenvalue weighted by Crippen LogP contribution is -2.45. The summed E-state index contributed by atoms with van der Waals surface area (Å²) in [7, 11) is 0. The van der Waals surface area contributed by atoms with Gasteiger partial charge in [-0.05, 0) is 25.5 Å². The van der Waals surface area contributed by atoms with Gasteiger partial charge in [0.1, 0.15) is 0 Å². The molecule has 3 atom stereocenters. The average Bonchev–Trinajstić information content (AvgIpc) is 2.29. The second kappa shape index (κ2) is 7.19. The van der Waals surface area contributed by atoms with E-state index < -0.39 is 0 Å². The van der Waals surface area contributed by atoms with Crippen LogP contribution < -0.4 is 5.32 Å². The molecule has 1 nitrogen and oxygen atoms in total. The van der Waals surface area contributed by atoms with Gasteiger partial charge in [0.2, 0.25) is 0 Å². The molecular weight excluding hydrogens is 202 g/mol. The maximum absolute atomic E-state index is 5.38. The number of thioether (sulfide) groups is 1. The molecule has 86 valence electrons. The molecule has 0 amide bonds. The molecule has 0 aromatic heterocycles. The van der Waals surface area contributed by atoms with Crippen LogP contribution in [0, 0.1) is 12.3 Å². The van der Waals surface area contributed by atoms with Gasteiger partial charge in [-0.3, -0.25) is 0 Å². The minimum atomic E-state index is 0.521. The summed E-state index contributed by atoms with van der Waals surface area (Å²) in [6, 6.07) is 1.21. The first-order valence-electron chi connectivity index (χ1n) is 6.04. The number of hydrogen-bond donors (Lipinski definition) is 1. The Bertz CT molecular complexity index is 209. The van der Waals surface area contributed by atoms with Crippen LogP contribution in [0.15, 0.2) is 0 Å². The van der Waals surface area contributed by atoms with Gasteiger partial charge in [0, 0.05) is 23.8 Å². The molecule has 0 aromatic carbocycles. The summed E-state index contributed by atoms with van der Waals surface area (Å²) in [4.78, 5) is 0. The highest BCUT2D eigenvalue weighted by molar-refractivity contribution is 7.99. The van der Waals surface area contributed by atoms with Crippen LogP contribution in [0.4, 0.5) is 0 Å². The first-order valence-corrected chi connectivity index (χ1v) is 7.32. The van der Waals surface area contributed by atoms with Crippen LogP contribution in [0.3, 0.4) is 0 Å². The molecule has 0 radical (unpaired) electrons. The average molecular weight is 225 g/mol. The lowest BCUT2D eigenvalue weighted by atomic mass is 9.93. The highest BCUT2D eigenvalue weighted by Crippen LogP contribution is 2.27. The number of rotatable bonds is 5. The van der Waals surface area contributed by atoms with Crippen molar-refractivity contribution in [3.8, 4) is 12.3 Å². The molecule has 1 fully saturated rings. The number of terminal acetylenes is 1. The Morgan fingerprint density at radius 3 is 2.80 bits per heavy atom. The van der Waals surface area contributed by atoms with Crippen LogP contribution in [0.2, 0.25) is 0 Å². The van der Waals surface area contributed by atoms with E-state index in [0.29, 0.717) is 12.1 Å². The van der Waals surface area contributed by atoms with E-state index in [9.17, 15) is 0 Å². The van der Waals surface area contributed by atoms with Gasteiger partial charge in [0.15, 0.2) is 0 Å². The van der Waals surface area contributed by atoms with Crippen LogP contribution in [0.25, 0.3) is 0 Å². The van der Waals surface area contributed by atoms with Crippen LogP contribution in [0.5, 0.6) is 0 Å². The maximum atomic E-state index is 5.38. The van der Waals surface area contributed by atoms with E-state index in [0.717, 1.165) is 18.1 Å². The van der Waals surface area contributed by atoms with Crippen LogP contribution in [0.1, 0.15) is 45.4 Å². The Morgan fingerprint density at radius 1 is 1.47 bits per heavy atom. The van der Waals surface area contributed by atoms with E-state index in [1.165, 1.54) is 25.7 Å². The standard InChI is InChI=1S/C13H23NS/c1-4-8-11(5-2)14-12-9-6-7-10-13(12)15-3/h1,11-14H,5-10H2,2-3H3. The zero-order valence-corrected chi connectivity index (χ0v) is 10.8. The van der Waals surface area contributed by atoms with E-state index in [1.54, 1.807) is 0 Å². The van der Waals surface area contributed by atoms with Crippen molar-refractivity contribution in [2.24, 2.45) is 0 Å². The first-order chi connectivity index (χ1) is 7.31. The van der Waals surface area contributed by atoms with Gasteiger partial charge in [0.05, 0.1) is 0 Å². The molecule has 2 heteroatoms. The van der Waals surface area contributed by atoms with Gasteiger partial charge in [-0.2, -0.15) is 11.8 Å². The minimum Gasteiger partial charge on any atom is -0.309 e. The van der Waals surface area contributed by atoms with Gasteiger partial charge < -0.3 is 5.32 Å². The van der Waals surface area contributed by atoms with Crippen molar-refractivity contribution in [1.82, 2.24) is 5.32 Å². The zero-order valence-electron chi connectivity index (χ0n) is 9.96. The lowest BCUT2D eigenvalue weighted by Gasteiger charge is -2.33. The quantitative estimate of drug-likeness (QED) is 0.722. The van der Waals surface area contributed by atoms with Gasteiger partial charge in [-0.25, -0.2) is 0 Å². The summed E-state index contributed by atoms with van der Waals surface area (Å²) < 4.78 is 0. The van der Waals surface area contributed by atoms with Gasteiger partial charge >= 0.3 is 0 Å². The molecule has 0 heterocycles. The number of hydrogen-bond acceptors (Lipinski definition) is 2. The summed E-state index contributed by atoms with van der Waals surface area (Å²) in [5.74, 6) is 2.77. The molecule has 0 spiro atoms. The molecule has 0 saturated heterocycles. The molecule has 1 aliphatic rings.